The number of hydrogen-bond donors (Lipinski definition) is 1. The number of hydrogen-bond acceptors (Lipinski definition) is 5. The molecule has 8 heteroatoms. The molecule has 2 heterocycles. The fourth-order valence-electron chi connectivity index (χ4n) is 4.01. The van der Waals surface area contributed by atoms with Gasteiger partial charge in [0.1, 0.15) is 5.75 Å². The first-order valence-corrected chi connectivity index (χ1v) is 11.1. The SMILES string of the molecule is COc1ccc(S(=O)(=O)N2CCC(C(=O)N3CCCCC3CN)CC2)cc1. The van der Waals surface area contributed by atoms with Gasteiger partial charge in [0, 0.05) is 38.1 Å². The lowest BCUT2D eigenvalue weighted by atomic mass is 9.93. The lowest BCUT2D eigenvalue weighted by molar-refractivity contribution is -0.140. The zero-order chi connectivity index (χ0) is 19.4. The molecule has 2 saturated heterocycles. The van der Waals surface area contributed by atoms with Crippen molar-refractivity contribution in [3.8, 4) is 5.75 Å². The fourth-order valence-corrected chi connectivity index (χ4v) is 5.48. The highest BCUT2D eigenvalue weighted by Gasteiger charge is 2.36. The van der Waals surface area contributed by atoms with E-state index in [1.165, 1.54) is 4.31 Å². The maximum absolute atomic E-state index is 12.9. The number of piperidine rings is 2. The van der Waals surface area contributed by atoms with Gasteiger partial charge in [0.05, 0.1) is 12.0 Å². The summed E-state index contributed by atoms with van der Waals surface area (Å²) in [5, 5.41) is 0. The van der Waals surface area contributed by atoms with E-state index in [9.17, 15) is 13.2 Å². The molecule has 1 aromatic carbocycles. The van der Waals surface area contributed by atoms with Gasteiger partial charge in [-0.05, 0) is 56.4 Å². The molecule has 0 bridgehead atoms. The van der Waals surface area contributed by atoms with Crippen molar-refractivity contribution in [2.45, 2.75) is 43.0 Å². The summed E-state index contributed by atoms with van der Waals surface area (Å²) in [6, 6.07) is 6.54. The Morgan fingerprint density at radius 3 is 2.37 bits per heavy atom. The van der Waals surface area contributed by atoms with Gasteiger partial charge in [0.25, 0.3) is 0 Å². The molecule has 7 nitrogen and oxygen atoms in total. The second-order valence-corrected chi connectivity index (χ2v) is 9.21. The molecule has 1 amide bonds. The molecule has 1 unspecified atom stereocenters. The fraction of sp³-hybridized carbons (Fsp3) is 0.632. The molecule has 1 atom stereocenters. The third kappa shape index (κ3) is 4.28. The first-order chi connectivity index (χ1) is 13.0. The number of carbonyl (C=O) groups excluding carboxylic acids is 1. The summed E-state index contributed by atoms with van der Waals surface area (Å²) in [4.78, 5) is 15.1. The van der Waals surface area contributed by atoms with Crippen molar-refractivity contribution in [2.75, 3.05) is 33.3 Å². The van der Waals surface area contributed by atoms with E-state index >= 15 is 0 Å². The summed E-state index contributed by atoms with van der Waals surface area (Å²) in [5.41, 5.74) is 5.83. The van der Waals surface area contributed by atoms with Crippen LogP contribution in [0.3, 0.4) is 0 Å². The number of sulfonamides is 1. The Labute approximate surface area is 161 Å². The van der Waals surface area contributed by atoms with E-state index in [-0.39, 0.29) is 22.8 Å². The molecule has 150 valence electrons. The highest BCUT2D eigenvalue weighted by molar-refractivity contribution is 7.89. The van der Waals surface area contributed by atoms with Crippen LogP contribution in [-0.2, 0) is 14.8 Å². The van der Waals surface area contributed by atoms with Crippen LogP contribution in [-0.4, -0.2) is 62.9 Å². The molecule has 2 aliphatic rings. The first kappa shape index (κ1) is 20.1. The second kappa shape index (κ2) is 8.58. The lowest BCUT2D eigenvalue weighted by Crippen LogP contribution is -2.51. The summed E-state index contributed by atoms with van der Waals surface area (Å²) < 4.78 is 32.2. The number of ether oxygens (including phenoxy) is 1. The van der Waals surface area contributed by atoms with Gasteiger partial charge in [-0.3, -0.25) is 4.79 Å². The molecule has 2 N–H and O–H groups in total. The Balaban J connectivity index is 1.63. The number of carbonyl (C=O) groups is 1. The minimum Gasteiger partial charge on any atom is -0.497 e. The summed E-state index contributed by atoms with van der Waals surface area (Å²) in [7, 11) is -2.00. The topological polar surface area (TPSA) is 92.9 Å². The highest BCUT2D eigenvalue weighted by Crippen LogP contribution is 2.28. The van der Waals surface area contributed by atoms with E-state index in [4.69, 9.17) is 10.5 Å². The Morgan fingerprint density at radius 1 is 1.11 bits per heavy atom. The van der Waals surface area contributed by atoms with E-state index in [0.717, 1.165) is 25.8 Å². The van der Waals surface area contributed by atoms with Crippen LogP contribution in [0.1, 0.15) is 32.1 Å². The number of nitrogens with zero attached hydrogens (tertiary/aromatic N) is 2. The van der Waals surface area contributed by atoms with Crippen LogP contribution >= 0.6 is 0 Å². The van der Waals surface area contributed by atoms with Crippen LogP contribution in [0.5, 0.6) is 5.75 Å². The quantitative estimate of drug-likeness (QED) is 0.814. The monoisotopic (exact) mass is 395 g/mol. The van der Waals surface area contributed by atoms with E-state index < -0.39 is 10.0 Å². The number of nitrogens with two attached hydrogens (primary N) is 1. The number of benzene rings is 1. The molecular formula is C19H29N3O4S. The van der Waals surface area contributed by atoms with Gasteiger partial charge in [0.2, 0.25) is 15.9 Å². The van der Waals surface area contributed by atoms with Gasteiger partial charge >= 0.3 is 0 Å². The molecule has 27 heavy (non-hydrogen) atoms. The summed E-state index contributed by atoms with van der Waals surface area (Å²) in [5.74, 6) is 0.653. The summed E-state index contributed by atoms with van der Waals surface area (Å²) in [6.07, 6.45) is 4.22. The zero-order valence-corrected chi connectivity index (χ0v) is 16.7. The largest absolute Gasteiger partial charge is 0.497 e. The van der Waals surface area contributed by atoms with Crippen LogP contribution in [0, 0.1) is 5.92 Å². The third-order valence-corrected chi connectivity index (χ3v) is 7.60. The lowest BCUT2D eigenvalue weighted by Gasteiger charge is -2.39. The molecule has 0 spiro atoms. The molecular weight excluding hydrogens is 366 g/mol. The van der Waals surface area contributed by atoms with Crippen molar-refractivity contribution in [1.82, 2.24) is 9.21 Å². The molecule has 0 aromatic heterocycles. The zero-order valence-electron chi connectivity index (χ0n) is 15.8. The van der Waals surface area contributed by atoms with Gasteiger partial charge in [0.15, 0.2) is 0 Å². The molecule has 0 saturated carbocycles. The van der Waals surface area contributed by atoms with Crippen molar-refractivity contribution in [3.63, 3.8) is 0 Å². The number of likely N-dealkylation sites (tertiary alicyclic amines) is 1. The van der Waals surface area contributed by atoms with Gasteiger partial charge in [-0.15, -0.1) is 0 Å². The van der Waals surface area contributed by atoms with Crippen LogP contribution in [0.2, 0.25) is 0 Å². The first-order valence-electron chi connectivity index (χ1n) is 9.62. The van der Waals surface area contributed by atoms with Crippen molar-refractivity contribution >= 4 is 15.9 Å². The summed E-state index contributed by atoms with van der Waals surface area (Å²) >= 11 is 0. The predicted octanol–water partition coefficient (Wildman–Crippen LogP) is 1.44. The van der Waals surface area contributed by atoms with Crippen LogP contribution in [0.4, 0.5) is 0 Å². The highest BCUT2D eigenvalue weighted by atomic mass is 32.2. The minimum absolute atomic E-state index is 0.112. The maximum Gasteiger partial charge on any atom is 0.243 e. The van der Waals surface area contributed by atoms with Crippen molar-refractivity contribution < 1.29 is 17.9 Å². The standard InChI is InChI=1S/C19H29N3O4S/c1-26-17-5-7-18(8-6-17)27(24,25)21-12-9-15(10-13-21)19(23)22-11-3-2-4-16(22)14-20/h5-8,15-16H,2-4,9-14,20H2,1H3. The number of methoxy groups -OCH3 is 1. The average Bonchev–Trinajstić information content (AvgIpc) is 2.73. The van der Waals surface area contributed by atoms with Gasteiger partial charge in [-0.2, -0.15) is 4.31 Å². The average molecular weight is 396 g/mol. The van der Waals surface area contributed by atoms with Crippen molar-refractivity contribution in [3.05, 3.63) is 24.3 Å². The molecule has 0 aliphatic carbocycles. The molecule has 2 fully saturated rings. The third-order valence-electron chi connectivity index (χ3n) is 5.68. The molecule has 0 radical (unpaired) electrons. The number of amides is 1. The van der Waals surface area contributed by atoms with Gasteiger partial charge in [-0.25, -0.2) is 8.42 Å². The van der Waals surface area contributed by atoms with Crippen LogP contribution in [0.15, 0.2) is 29.2 Å². The van der Waals surface area contributed by atoms with E-state index in [2.05, 4.69) is 0 Å². The van der Waals surface area contributed by atoms with E-state index in [1.54, 1.807) is 31.4 Å². The van der Waals surface area contributed by atoms with Crippen LogP contribution in [0.25, 0.3) is 0 Å². The van der Waals surface area contributed by atoms with E-state index in [0.29, 0.717) is 38.2 Å². The Hall–Kier alpha value is -1.64. The Bertz CT molecular complexity index is 743. The van der Waals surface area contributed by atoms with Crippen molar-refractivity contribution in [2.24, 2.45) is 11.7 Å². The van der Waals surface area contributed by atoms with E-state index in [1.807, 2.05) is 4.90 Å². The number of rotatable bonds is 5. The van der Waals surface area contributed by atoms with Crippen LogP contribution < -0.4 is 10.5 Å². The minimum atomic E-state index is -3.54. The second-order valence-electron chi connectivity index (χ2n) is 7.27. The summed E-state index contributed by atoms with van der Waals surface area (Å²) in [6.45, 7) is 2.00. The molecule has 2 aliphatic heterocycles. The Kier molecular flexibility index (Phi) is 6.39. The molecule has 1 aromatic rings. The maximum atomic E-state index is 12.9. The van der Waals surface area contributed by atoms with Crippen molar-refractivity contribution in [1.29, 1.82) is 0 Å². The Morgan fingerprint density at radius 2 is 1.78 bits per heavy atom. The smallest absolute Gasteiger partial charge is 0.243 e. The normalized spacial score (nSPS) is 22.6. The van der Waals surface area contributed by atoms with Gasteiger partial charge in [-0.1, -0.05) is 0 Å². The molecule has 3 rings (SSSR count). The predicted molar refractivity (Wildman–Crippen MR) is 103 cm³/mol. The van der Waals surface area contributed by atoms with Gasteiger partial charge < -0.3 is 15.4 Å².